The summed E-state index contributed by atoms with van der Waals surface area (Å²) in [5.41, 5.74) is 1.77. The van der Waals surface area contributed by atoms with Crippen LogP contribution in [-0.2, 0) is 6.54 Å². The van der Waals surface area contributed by atoms with E-state index in [1.165, 1.54) is 6.07 Å². The van der Waals surface area contributed by atoms with Crippen LogP contribution in [-0.4, -0.2) is 32.2 Å². The average molecular weight is 358 g/mol. The van der Waals surface area contributed by atoms with Crippen molar-refractivity contribution in [3.05, 3.63) is 53.3 Å². The summed E-state index contributed by atoms with van der Waals surface area (Å²) in [6, 6.07) is 10.1. The molecular weight excluding hydrogens is 335 g/mol. The van der Waals surface area contributed by atoms with Crippen molar-refractivity contribution in [3.63, 3.8) is 0 Å². The van der Waals surface area contributed by atoms with Gasteiger partial charge >= 0.3 is 0 Å². The Bertz CT molecular complexity index is 791. The molecule has 6 heteroatoms. The first-order valence-corrected chi connectivity index (χ1v) is 8.83. The summed E-state index contributed by atoms with van der Waals surface area (Å²) in [4.78, 5) is 14.3. The largest absolute Gasteiger partial charge is 0.486 e. The standard InChI is InChI=1S/C20H23FN2O3/c1-3-23(4-2)17-7-5-14(11-16(17)21)13-22-20(24)15-6-8-18-19(12-15)26-10-9-25-18/h5-8,11-12H,3-4,9-10,13H2,1-2H3,(H,22,24). The number of nitrogens with one attached hydrogen (secondary N) is 1. The van der Waals surface area contributed by atoms with E-state index in [2.05, 4.69) is 5.32 Å². The lowest BCUT2D eigenvalue weighted by molar-refractivity contribution is 0.0949. The third-order valence-corrected chi connectivity index (χ3v) is 4.37. The molecular formula is C20H23FN2O3. The lowest BCUT2D eigenvalue weighted by atomic mass is 10.1. The van der Waals surface area contributed by atoms with Gasteiger partial charge in [0.1, 0.15) is 19.0 Å². The Morgan fingerprint density at radius 2 is 1.81 bits per heavy atom. The first kappa shape index (κ1) is 18.0. The van der Waals surface area contributed by atoms with Crippen molar-refractivity contribution in [2.75, 3.05) is 31.2 Å². The molecule has 0 spiro atoms. The van der Waals surface area contributed by atoms with Crippen LogP contribution in [0.5, 0.6) is 11.5 Å². The number of amides is 1. The van der Waals surface area contributed by atoms with E-state index in [0.717, 1.165) is 13.1 Å². The molecule has 1 aliphatic heterocycles. The summed E-state index contributed by atoms with van der Waals surface area (Å²) < 4.78 is 25.3. The molecule has 0 aliphatic carbocycles. The topological polar surface area (TPSA) is 50.8 Å². The molecule has 138 valence electrons. The fourth-order valence-corrected chi connectivity index (χ4v) is 2.95. The van der Waals surface area contributed by atoms with Gasteiger partial charge in [0.25, 0.3) is 5.91 Å². The predicted molar refractivity (Wildman–Crippen MR) is 98.6 cm³/mol. The molecule has 2 aromatic carbocycles. The summed E-state index contributed by atoms with van der Waals surface area (Å²) in [5.74, 6) is 0.690. The van der Waals surface area contributed by atoms with Crippen molar-refractivity contribution in [1.82, 2.24) is 5.32 Å². The molecule has 0 bridgehead atoms. The highest BCUT2D eigenvalue weighted by atomic mass is 19.1. The van der Waals surface area contributed by atoms with Gasteiger partial charge in [0.05, 0.1) is 5.69 Å². The lowest BCUT2D eigenvalue weighted by Crippen LogP contribution is -2.24. The Labute approximate surface area is 152 Å². The smallest absolute Gasteiger partial charge is 0.251 e. The Morgan fingerprint density at radius 3 is 2.50 bits per heavy atom. The van der Waals surface area contributed by atoms with E-state index in [9.17, 15) is 9.18 Å². The van der Waals surface area contributed by atoms with Crippen LogP contribution in [0.4, 0.5) is 10.1 Å². The zero-order chi connectivity index (χ0) is 18.5. The maximum atomic E-state index is 14.3. The minimum absolute atomic E-state index is 0.241. The molecule has 0 radical (unpaired) electrons. The number of rotatable bonds is 6. The van der Waals surface area contributed by atoms with Gasteiger partial charge in [-0.05, 0) is 49.7 Å². The second-order valence-corrected chi connectivity index (χ2v) is 6.00. The van der Waals surface area contributed by atoms with Crippen LogP contribution in [0.2, 0.25) is 0 Å². The van der Waals surface area contributed by atoms with Gasteiger partial charge in [-0.3, -0.25) is 4.79 Å². The molecule has 3 rings (SSSR count). The number of ether oxygens (including phenoxy) is 2. The molecule has 0 aromatic heterocycles. The number of anilines is 1. The summed E-state index contributed by atoms with van der Waals surface area (Å²) in [5, 5.41) is 2.81. The highest BCUT2D eigenvalue weighted by molar-refractivity contribution is 5.94. The van der Waals surface area contributed by atoms with Gasteiger partial charge in [-0.25, -0.2) is 4.39 Å². The molecule has 0 unspecified atom stereocenters. The normalized spacial score (nSPS) is 12.6. The molecule has 0 fully saturated rings. The molecule has 0 atom stereocenters. The third-order valence-electron chi connectivity index (χ3n) is 4.37. The summed E-state index contributed by atoms with van der Waals surface area (Å²) in [6.45, 7) is 6.70. The number of carbonyl (C=O) groups is 1. The van der Waals surface area contributed by atoms with E-state index in [1.807, 2.05) is 24.8 Å². The molecule has 2 aromatic rings. The van der Waals surface area contributed by atoms with Crippen LogP contribution >= 0.6 is 0 Å². The van der Waals surface area contributed by atoms with E-state index in [4.69, 9.17) is 9.47 Å². The molecule has 1 heterocycles. The van der Waals surface area contributed by atoms with Crippen LogP contribution < -0.4 is 19.7 Å². The third kappa shape index (κ3) is 3.90. The van der Waals surface area contributed by atoms with Crippen LogP contribution in [0.3, 0.4) is 0 Å². The molecule has 0 saturated carbocycles. The van der Waals surface area contributed by atoms with Crippen LogP contribution in [0.1, 0.15) is 29.8 Å². The maximum absolute atomic E-state index is 14.3. The zero-order valence-corrected chi connectivity index (χ0v) is 15.0. The first-order valence-electron chi connectivity index (χ1n) is 8.83. The molecule has 5 nitrogen and oxygen atoms in total. The number of hydrogen-bond acceptors (Lipinski definition) is 4. The van der Waals surface area contributed by atoms with Crippen molar-refractivity contribution >= 4 is 11.6 Å². The molecule has 1 N–H and O–H groups in total. The van der Waals surface area contributed by atoms with E-state index < -0.39 is 0 Å². The van der Waals surface area contributed by atoms with E-state index in [0.29, 0.717) is 41.5 Å². The number of hydrogen-bond donors (Lipinski definition) is 1. The SMILES string of the molecule is CCN(CC)c1ccc(CNC(=O)c2ccc3c(c2)OCCO3)cc1F. The Morgan fingerprint density at radius 1 is 1.08 bits per heavy atom. The summed E-state index contributed by atoms with van der Waals surface area (Å²) in [6.07, 6.45) is 0. The van der Waals surface area contributed by atoms with Crippen molar-refractivity contribution in [2.24, 2.45) is 0 Å². The molecule has 1 aliphatic rings. The fraction of sp³-hybridized carbons (Fsp3) is 0.350. The van der Waals surface area contributed by atoms with Gasteiger partial charge in [0.15, 0.2) is 11.5 Å². The average Bonchev–Trinajstić information content (AvgIpc) is 2.68. The van der Waals surface area contributed by atoms with E-state index in [1.54, 1.807) is 24.3 Å². The van der Waals surface area contributed by atoms with Gasteiger partial charge < -0.3 is 19.7 Å². The van der Waals surface area contributed by atoms with Crippen molar-refractivity contribution in [2.45, 2.75) is 20.4 Å². The molecule has 1 amide bonds. The maximum Gasteiger partial charge on any atom is 0.251 e. The Kier molecular flexibility index (Phi) is 5.61. The van der Waals surface area contributed by atoms with Gasteiger partial charge in [0, 0.05) is 25.2 Å². The van der Waals surface area contributed by atoms with Crippen LogP contribution in [0, 0.1) is 5.82 Å². The minimum atomic E-state index is -0.278. The van der Waals surface area contributed by atoms with Gasteiger partial charge in [-0.15, -0.1) is 0 Å². The molecule has 26 heavy (non-hydrogen) atoms. The Balaban J connectivity index is 1.65. The molecule has 0 saturated heterocycles. The van der Waals surface area contributed by atoms with Crippen LogP contribution in [0.15, 0.2) is 36.4 Å². The van der Waals surface area contributed by atoms with Crippen molar-refractivity contribution in [1.29, 1.82) is 0 Å². The van der Waals surface area contributed by atoms with Gasteiger partial charge in [-0.2, -0.15) is 0 Å². The predicted octanol–water partition coefficient (Wildman–Crippen LogP) is 3.37. The number of halogens is 1. The fourth-order valence-electron chi connectivity index (χ4n) is 2.95. The number of carbonyl (C=O) groups excluding carboxylic acids is 1. The van der Waals surface area contributed by atoms with Gasteiger partial charge in [0.2, 0.25) is 0 Å². The number of nitrogens with zero attached hydrogens (tertiary/aromatic N) is 1. The van der Waals surface area contributed by atoms with E-state index in [-0.39, 0.29) is 18.3 Å². The van der Waals surface area contributed by atoms with E-state index >= 15 is 0 Å². The second kappa shape index (κ2) is 8.08. The van der Waals surface area contributed by atoms with Crippen molar-refractivity contribution in [3.8, 4) is 11.5 Å². The number of benzene rings is 2. The quantitative estimate of drug-likeness (QED) is 0.860. The zero-order valence-electron chi connectivity index (χ0n) is 15.0. The van der Waals surface area contributed by atoms with Crippen LogP contribution in [0.25, 0.3) is 0 Å². The summed E-state index contributed by atoms with van der Waals surface area (Å²) >= 11 is 0. The monoisotopic (exact) mass is 358 g/mol. The minimum Gasteiger partial charge on any atom is -0.486 e. The second-order valence-electron chi connectivity index (χ2n) is 6.00. The number of fused-ring (bicyclic) bond motifs is 1. The first-order chi connectivity index (χ1) is 12.6. The highest BCUT2D eigenvalue weighted by Crippen LogP contribution is 2.30. The van der Waals surface area contributed by atoms with Crippen molar-refractivity contribution < 1.29 is 18.7 Å². The summed E-state index contributed by atoms with van der Waals surface area (Å²) in [7, 11) is 0. The van der Waals surface area contributed by atoms with Gasteiger partial charge in [-0.1, -0.05) is 6.07 Å². The lowest BCUT2D eigenvalue weighted by Gasteiger charge is -2.22. The highest BCUT2D eigenvalue weighted by Gasteiger charge is 2.15. The Hall–Kier alpha value is -2.76.